The van der Waals surface area contributed by atoms with Crippen molar-refractivity contribution in [3.8, 4) is 0 Å². The number of hydrogen-bond acceptors (Lipinski definition) is 2. The van der Waals surface area contributed by atoms with Gasteiger partial charge in [0.25, 0.3) is 0 Å². The van der Waals surface area contributed by atoms with Crippen LogP contribution in [0.15, 0.2) is 24.3 Å². The van der Waals surface area contributed by atoms with Crippen LogP contribution in [0.5, 0.6) is 0 Å². The maximum absolute atomic E-state index is 14.2. The van der Waals surface area contributed by atoms with Gasteiger partial charge in [0.2, 0.25) is 0 Å². The van der Waals surface area contributed by atoms with E-state index in [4.69, 9.17) is 0 Å². The second kappa shape index (κ2) is 4.67. The molecule has 0 bridgehead atoms. The molecule has 4 aliphatic rings. The maximum Gasteiger partial charge on any atom is 0.127 e. The number of fused-ring (bicyclic) bond motifs is 5. The predicted octanol–water partition coefficient (Wildman–Crippen LogP) is 3.25. The van der Waals surface area contributed by atoms with Crippen LogP contribution in [0.2, 0.25) is 0 Å². The van der Waals surface area contributed by atoms with E-state index in [0.717, 1.165) is 19.3 Å². The summed E-state index contributed by atoms with van der Waals surface area (Å²) in [5.74, 6) is 1.48. The van der Waals surface area contributed by atoms with Crippen LogP contribution in [-0.2, 0) is 0 Å². The molecular weight excluding hydrogens is 279 g/mol. The van der Waals surface area contributed by atoms with E-state index in [-0.39, 0.29) is 22.9 Å². The summed E-state index contributed by atoms with van der Waals surface area (Å²) >= 11 is 0. The smallest absolute Gasteiger partial charge is 0.127 e. The van der Waals surface area contributed by atoms with E-state index in [1.165, 1.54) is 0 Å². The van der Waals surface area contributed by atoms with Gasteiger partial charge in [-0.05, 0) is 60.2 Å². The SMILES string of the molecule is C[C@]12CC[C@H]3[C@@H](C=CC4C[C@H](O)C=C[C@@]43C)[C@@H]1C[C@H](F)[C@@H]2O. The third kappa shape index (κ3) is 1.78. The minimum atomic E-state index is -1.07. The van der Waals surface area contributed by atoms with Crippen LogP contribution in [0.4, 0.5) is 4.39 Å². The fraction of sp³-hybridized carbons (Fsp3) is 0.789. The molecule has 2 saturated carbocycles. The summed E-state index contributed by atoms with van der Waals surface area (Å²) in [7, 11) is 0. The first-order valence-corrected chi connectivity index (χ1v) is 8.74. The molecule has 0 spiro atoms. The molecule has 0 radical (unpaired) electrons. The highest BCUT2D eigenvalue weighted by Gasteiger charge is 2.60. The predicted molar refractivity (Wildman–Crippen MR) is 83.8 cm³/mol. The highest BCUT2D eigenvalue weighted by atomic mass is 19.1. The Kier molecular flexibility index (Phi) is 3.16. The number of allylic oxidation sites excluding steroid dienone is 3. The van der Waals surface area contributed by atoms with E-state index in [1.54, 1.807) is 0 Å². The van der Waals surface area contributed by atoms with Gasteiger partial charge >= 0.3 is 0 Å². The highest BCUT2D eigenvalue weighted by molar-refractivity contribution is 5.24. The first-order valence-electron chi connectivity index (χ1n) is 8.74. The van der Waals surface area contributed by atoms with E-state index in [9.17, 15) is 14.6 Å². The molecule has 4 rings (SSSR count). The number of rotatable bonds is 0. The highest BCUT2D eigenvalue weighted by Crippen LogP contribution is 2.63. The molecule has 9 atom stereocenters. The van der Waals surface area contributed by atoms with Crippen LogP contribution < -0.4 is 0 Å². The number of alkyl halides is 1. The molecule has 2 nitrogen and oxygen atoms in total. The largest absolute Gasteiger partial charge is 0.390 e. The van der Waals surface area contributed by atoms with Crippen molar-refractivity contribution in [2.75, 3.05) is 0 Å². The van der Waals surface area contributed by atoms with Crippen molar-refractivity contribution >= 4 is 0 Å². The Labute approximate surface area is 132 Å². The van der Waals surface area contributed by atoms with Gasteiger partial charge in [-0.1, -0.05) is 38.2 Å². The van der Waals surface area contributed by atoms with Crippen molar-refractivity contribution in [1.82, 2.24) is 0 Å². The Morgan fingerprint density at radius 3 is 2.59 bits per heavy atom. The summed E-state index contributed by atoms with van der Waals surface area (Å²) in [6.07, 6.45) is 9.74. The Balaban J connectivity index is 1.71. The molecule has 4 aliphatic carbocycles. The summed E-state index contributed by atoms with van der Waals surface area (Å²) in [5.41, 5.74) is -0.203. The van der Waals surface area contributed by atoms with Gasteiger partial charge in [-0.15, -0.1) is 0 Å². The number of halogens is 1. The molecule has 0 aromatic heterocycles. The topological polar surface area (TPSA) is 40.5 Å². The van der Waals surface area contributed by atoms with Crippen molar-refractivity contribution in [3.05, 3.63) is 24.3 Å². The van der Waals surface area contributed by atoms with E-state index in [0.29, 0.717) is 24.2 Å². The second-order valence-electron chi connectivity index (χ2n) is 8.55. The lowest BCUT2D eigenvalue weighted by Crippen LogP contribution is -2.51. The van der Waals surface area contributed by atoms with E-state index in [1.807, 2.05) is 6.08 Å². The Hall–Kier alpha value is -0.670. The quantitative estimate of drug-likeness (QED) is 0.675. The van der Waals surface area contributed by atoms with Crippen molar-refractivity contribution in [1.29, 1.82) is 0 Å². The zero-order valence-corrected chi connectivity index (χ0v) is 13.5. The van der Waals surface area contributed by atoms with E-state index >= 15 is 0 Å². The summed E-state index contributed by atoms with van der Waals surface area (Å²) in [5, 5.41) is 20.2. The maximum atomic E-state index is 14.2. The lowest BCUT2D eigenvalue weighted by molar-refractivity contribution is -0.0651. The van der Waals surface area contributed by atoms with Crippen molar-refractivity contribution < 1.29 is 14.6 Å². The number of hydrogen-bond donors (Lipinski definition) is 2. The molecule has 0 aromatic rings. The van der Waals surface area contributed by atoms with Gasteiger partial charge in [0, 0.05) is 0 Å². The van der Waals surface area contributed by atoms with Crippen LogP contribution in [0.25, 0.3) is 0 Å². The molecule has 3 heteroatoms. The number of aliphatic hydroxyl groups excluding tert-OH is 2. The molecule has 0 heterocycles. The lowest BCUT2D eigenvalue weighted by Gasteiger charge is -2.56. The van der Waals surface area contributed by atoms with Crippen LogP contribution >= 0.6 is 0 Å². The molecule has 0 amide bonds. The summed E-state index contributed by atoms with van der Waals surface area (Å²) < 4.78 is 14.2. The fourth-order valence-corrected chi connectivity index (χ4v) is 6.12. The summed E-state index contributed by atoms with van der Waals surface area (Å²) in [6, 6.07) is 0. The average molecular weight is 306 g/mol. The van der Waals surface area contributed by atoms with Gasteiger partial charge in [0.1, 0.15) is 6.17 Å². The lowest BCUT2D eigenvalue weighted by atomic mass is 9.48. The molecule has 1 unspecified atom stereocenters. The van der Waals surface area contributed by atoms with Crippen LogP contribution in [0, 0.1) is 34.5 Å². The van der Waals surface area contributed by atoms with Gasteiger partial charge in [-0.3, -0.25) is 0 Å². The molecule has 0 aliphatic heterocycles. The summed E-state index contributed by atoms with van der Waals surface area (Å²) in [6.45, 7) is 4.39. The van der Waals surface area contributed by atoms with Crippen molar-refractivity contribution in [2.24, 2.45) is 34.5 Å². The third-order valence-electron chi connectivity index (χ3n) is 7.60. The zero-order valence-electron chi connectivity index (χ0n) is 13.5. The molecule has 0 aromatic carbocycles. The fourth-order valence-electron chi connectivity index (χ4n) is 6.12. The minimum absolute atomic E-state index is 0.0688. The van der Waals surface area contributed by atoms with Gasteiger partial charge in [-0.25, -0.2) is 4.39 Å². The normalized spacial score (nSPS) is 59.8. The molecule has 2 fully saturated rings. The second-order valence-corrected chi connectivity index (χ2v) is 8.55. The Bertz CT molecular complexity index is 530. The first kappa shape index (κ1) is 14.9. The number of aliphatic hydroxyl groups is 2. The van der Waals surface area contributed by atoms with Crippen LogP contribution in [0.3, 0.4) is 0 Å². The monoisotopic (exact) mass is 306 g/mol. The summed E-state index contributed by atoms with van der Waals surface area (Å²) in [4.78, 5) is 0. The van der Waals surface area contributed by atoms with E-state index in [2.05, 4.69) is 32.1 Å². The van der Waals surface area contributed by atoms with Crippen molar-refractivity contribution in [2.45, 2.75) is 57.9 Å². The standard InChI is InChI=1S/C19H27FO2/c1-18-7-5-12(21)9-11(18)3-4-13-14(18)6-8-19(2)15(13)10-16(20)17(19)22/h3-5,7,11-17,21-22H,6,8-10H2,1-2H3/t11?,12-,13-,14+,15+,16+,17+,18+,19+/m1/s1. The molecule has 0 saturated heterocycles. The third-order valence-corrected chi connectivity index (χ3v) is 7.60. The van der Waals surface area contributed by atoms with Crippen LogP contribution in [-0.4, -0.2) is 28.6 Å². The van der Waals surface area contributed by atoms with Gasteiger partial charge < -0.3 is 10.2 Å². The molecule has 22 heavy (non-hydrogen) atoms. The molecule has 122 valence electrons. The zero-order chi connectivity index (χ0) is 15.7. The van der Waals surface area contributed by atoms with E-state index < -0.39 is 12.3 Å². The van der Waals surface area contributed by atoms with Crippen LogP contribution in [0.1, 0.15) is 39.5 Å². The molecular formula is C19H27FO2. The Morgan fingerprint density at radius 2 is 1.82 bits per heavy atom. The minimum Gasteiger partial charge on any atom is -0.390 e. The van der Waals surface area contributed by atoms with Crippen molar-refractivity contribution in [3.63, 3.8) is 0 Å². The average Bonchev–Trinajstić information content (AvgIpc) is 2.72. The Morgan fingerprint density at radius 1 is 1.05 bits per heavy atom. The van der Waals surface area contributed by atoms with Gasteiger partial charge in [-0.2, -0.15) is 0 Å². The van der Waals surface area contributed by atoms with Gasteiger partial charge in [0.05, 0.1) is 12.2 Å². The molecule has 2 N–H and O–H groups in total. The van der Waals surface area contributed by atoms with Gasteiger partial charge in [0.15, 0.2) is 0 Å². The first-order chi connectivity index (χ1) is 10.4.